The lowest BCUT2D eigenvalue weighted by molar-refractivity contribution is -0.143. The van der Waals surface area contributed by atoms with Crippen LogP contribution in [0.15, 0.2) is 0 Å². The third-order valence-corrected chi connectivity index (χ3v) is 13.9. The van der Waals surface area contributed by atoms with E-state index in [1.807, 2.05) is 13.8 Å². The number of carbonyl (C=O) groups excluding carboxylic acids is 5. The highest BCUT2D eigenvalue weighted by atomic mass is 32.2. The Morgan fingerprint density at radius 3 is 2.08 bits per heavy atom. The van der Waals surface area contributed by atoms with Crippen molar-refractivity contribution >= 4 is 39.4 Å². The summed E-state index contributed by atoms with van der Waals surface area (Å²) in [5.74, 6) is -2.03. The van der Waals surface area contributed by atoms with Gasteiger partial charge in [0.25, 0.3) is 5.91 Å². The third kappa shape index (κ3) is 10.00. The minimum Gasteiger partial charge on any atom is -0.347 e. The number of nitrogens with zero attached hydrogens (tertiary/aromatic N) is 1. The molecule has 5 aliphatic rings. The number of rotatable bonds is 7. The molecule has 4 N–H and O–H groups in total. The lowest BCUT2D eigenvalue weighted by Gasteiger charge is -2.45. The molecule has 2 aliphatic carbocycles. The fourth-order valence-electron chi connectivity index (χ4n) is 9.00. The van der Waals surface area contributed by atoms with Crippen molar-refractivity contribution in [3.63, 3.8) is 0 Å². The molecule has 3 heterocycles. The number of sulfone groups is 1. The first-order valence-electron chi connectivity index (χ1n) is 19.6. The quantitative estimate of drug-likeness (QED) is 0.289. The Hall–Kier alpha value is -2.70. The monoisotopic (exact) mass is 719 g/mol. The van der Waals surface area contributed by atoms with Gasteiger partial charge in [-0.15, -0.1) is 0 Å². The highest BCUT2D eigenvalue weighted by Gasteiger charge is 2.47. The van der Waals surface area contributed by atoms with Crippen molar-refractivity contribution in [2.75, 3.05) is 18.1 Å². The third-order valence-electron chi connectivity index (χ3n) is 12.1. The molecule has 0 unspecified atom stereocenters. The summed E-state index contributed by atoms with van der Waals surface area (Å²) in [6, 6.07) is -3.10. The van der Waals surface area contributed by atoms with Crippen LogP contribution in [0.1, 0.15) is 136 Å². The molecule has 0 aromatic carbocycles. The summed E-state index contributed by atoms with van der Waals surface area (Å²) in [5.41, 5.74) is -0.636. The van der Waals surface area contributed by atoms with Gasteiger partial charge in [0.2, 0.25) is 17.6 Å². The van der Waals surface area contributed by atoms with Crippen molar-refractivity contribution in [3.05, 3.63) is 0 Å². The zero-order valence-corrected chi connectivity index (χ0v) is 31.1. The van der Waals surface area contributed by atoms with E-state index in [1.54, 1.807) is 4.90 Å². The average Bonchev–Trinajstić information content (AvgIpc) is 3.77. The molecule has 5 atom stereocenters. The van der Waals surface area contributed by atoms with Crippen LogP contribution < -0.4 is 21.3 Å². The van der Waals surface area contributed by atoms with Gasteiger partial charge >= 0.3 is 6.03 Å². The maximum absolute atomic E-state index is 14.5. The molecule has 0 bridgehead atoms. The lowest BCUT2D eigenvalue weighted by atomic mass is 9.71. The van der Waals surface area contributed by atoms with E-state index in [-0.39, 0.29) is 41.2 Å². The highest BCUT2D eigenvalue weighted by molar-refractivity contribution is 7.91. The largest absolute Gasteiger partial charge is 0.347 e. The molecule has 3 saturated heterocycles. The summed E-state index contributed by atoms with van der Waals surface area (Å²) in [6.45, 7) is 4.40. The maximum Gasteiger partial charge on any atom is 0.315 e. The van der Waals surface area contributed by atoms with Crippen molar-refractivity contribution in [1.29, 1.82) is 0 Å². The molecule has 5 amide bonds. The number of amides is 5. The van der Waals surface area contributed by atoms with Crippen LogP contribution in [0.25, 0.3) is 0 Å². The van der Waals surface area contributed by atoms with Crippen LogP contribution in [0.4, 0.5) is 4.79 Å². The molecule has 50 heavy (non-hydrogen) atoms. The van der Waals surface area contributed by atoms with Crippen molar-refractivity contribution in [2.45, 2.75) is 166 Å². The van der Waals surface area contributed by atoms with Gasteiger partial charge in [-0.25, -0.2) is 13.2 Å². The number of fused-ring (bicyclic) bond motifs is 1. The molecule has 0 spiro atoms. The van der Waals surface area contributed by atoms with Crippen LogP contribution in [-0.2, 0) is 29.0 Å². The van der Waals surface area contributed by atoms with Gasteiger partial charge in [-0.1, -0.05) is 78.1 Å². The van der Waals surface area contributed by atoms with E-state index in [9.17, 15) is 32.4 Å². The van der Waals surface area contributed by atoms with E-state index in [1.165, 1.54) is 0 Å². The van der Waals surface area contributed by atoms with E-state index in [4.69, 9.17) is 0 Å². The van der Waals surface area contributed by atoms with Gasteiger partial charge in [0.1, 0.15) is 12.1 Å². The molecule has 2 saturated carbocycles. The molecule has 12 nitrogen and oxygen atoms in total. The lowest BCUT2D eigenvalue weighted by Crippen LogP contribution is -2.62. The second-order valence-electron chi connectivity index (χ2n) is 16.2. The highest BCUT2D eigenvalue weighted by Crippen LogP contribution is 2.39. The number of urea groups is 1. The van der Waals surface area contributed by atoms with Crippen LogP contribution in [-0.4, -0.2) is 90.6 Å². The van der Waals surface area contributed by atoms with E-state index in [0.29, 0.717) is 51.5 Å². The Labute approximate surface area is 298 Å². The van der Waals surface area contributed by atoms with Gasteiger partial charge in [-0.05, 0) is 75.5 Å². The first-order valence-corrected chi connectivity index (χ1v) is 21.5. The second kappa shape index (κ2) is 17.2. The van der Waals surface area contributed by atoms with Gasteiger partial charge in [0.15, 0.2) is 9.84 Å². The first-order chi connectivity index (χ1) is 23.9. The van der Waals surface area contributed by atoms with Gasteiger partial charge in [-0.3, -0.25) is 19.2 Å². The standard InChI is InChI=1S/C37H61N5O7S/c1-25(2)28-19-22-42-31(28)33(44)39-29(32(43)34(45)38-27-17-18-27)15-9-6-4-3-5-7-10-16-30(35(42)46)40-36(47)41-37(20-11-8-12-21-37)26-14-13-23-50(48,49)24-26/h25-31H,3-24H2,1-2H3,(H,38,45)(H,39,44)(H2,40,41,47)/t26-,28+,29-,30-,31-/m0/s1. The Kier molecular flexibility index (Phi) is 13.3. The molecule has 5 rings (SSSR count). The summed E-state index contributed by atoms with van der Waals surface area (Å²) in [6.07, 6.45) is 14.9. The summed E-state index contributed by atoms with van der Waals surface area (Å²) >= 11 is 0. The molecule has 0 radical (unpaired) electrons. The maximum atomic E-state index is 14.5. The zero-order valence-electron chi connectivity index (χ0n) is 30.3. The number of Topliss-reactive ketones (excluding diaryl/α,β-unsaturated/α-hetero) is 1. The number of hydrogen-bond donors (Lipinski definition) is 4. The summed E-state index contributed by atoms with van der Waals surface area (Å²) < 4.78 is 25.3. The Morgan fingerprint density at radius 1 is 0.800 bits per heavy atom. The minimum absolute atomic E-state index is 0.0203. The molecule has 282 valence electrons. The smallest absolute Gasteiger partial charge is 0.315 e. The summed E-state index contributed by atoms with van der Waals surface area (Å²) in [5, 5.41) is 11.9. The molecule has 13 heteroatoms. The fraction of sp³-hybridized carbons (Fsp3) is 0.865. The summed E-state index contributed by atoms with van der Waals surface area (Å²) in [4.78, 5) is 70.2. The van der Waals surface area contributed by atoms with Crippen molar-refractivity contribution in [1.82, 2.24) is 26.2 Å². The van der Waals surface area contributed by atoms with Crippen LogP contribution in [0, 0.1) is 17.8 Å². The predicted molar refractivity (Wildman–Crippen MR) is 191 cm³/mol. The van der Waals surface area contributed by atoms with Crippen LogP contribution in [0.5, 0.6) is 0 Å². The fourth-order valence-corrected chi connectivity index (χ4v) is 10.9. The van der Waals surface area contributed by atoms with E-state index in [0.717, 1.165) is 77.0 Å². The van der Waals surface area contributed by atoms with Gasteiger partial charge in [-0.2, -0.15) is 0 Å². The van der Waals surface area contributed by atoms with Crippen LogP contribution >= 0.6 is 0 Å². The Morgan fingerprint density at radius 2 is 1.44 bits per heavy atom. The number of carbonyl (C=O) groups is 5. The predicted octanol–water partition coefficient (Wildman–Crippen LogP) is 3.91. The van der Waals surface area contributed by atoms with Gasteiger partial charge in [0, 0.05) is 18.1 Å². The molecular weight excluding hydrogens is 659 g/mol. The zero-order chi connectivity index (χ0) is 35.9. The van der Waals surface area contributed by atoms with Gasteiger partial charge in [0.05, 0.1) is 17.5 Å². The summed E-state index contributed by atoms with van der Waals surface area (Å²) in [7, 11) is -3.18. The van der Waals surface area contributed by atoms with Crippen LogP contribution in [0.2, 0.25) is 0 Å². The van der Waals surface area contributed by atoms with Crippen molar-refractivity contribution < 1.29 is 32.4 Å². The Bertz CT molecular complexity index is 1340. The Balaban J connectivity index is 1.36. The van der Waals surface area contributed by atoms with E-state index >= 15 is 0 Å². The molecule has 5 fully saturated rings. The topological polar surface area (TPSA) is 171 Å². The molecule has 0 aromatic heterocycles. The number of nitrogens with one attached hydrogen (secondary N) is 4. The van der Waals surface area contributed by atoms with Gasteiger partial charge < -0.3 is 26.2 Å². The molecule has 3 aliphatic heterocycles. The van der Waals surface area contributed by atoms with Crippen LogP contribution in [0.3, 0.4) is 0 Å². The normalized spacial score (nSPS) is 31.3. The second-order valence-corrected chi connectivity index (χ2v) is 18.4. The molecule has 0 aromatic rings. The van der Waals surface area contributed by atoms with E-state index in [2.05, 4.69) is 21.3 Å². The van der Waals surface area contributed by atoms with Crippen molar-refractivity contribution in [2.24, 2.45) is 17.8 Å². The van der Waals surface area contributed by atoms with Crippen molar-refractivity contribution in [3.8, 4) is 0 Å². The van der Waals surface area contributed by atoms with E-state index < -0.39 is 57.1 Å². The average molecular weight is 720 g/mol. The number of ketones is 1. The SMILES string of the molecule is CC(C)[C@H]1CCN2C(=O)[C@@H](NC(=O)NC3([C@H]4CCCS(=O)(=O)C4)CCCCC3)CCCCCCCCC[C@@H](C(=O)C(=O)NC3CC3)NC(=O)[C@H]12. The number of hydrogen-bond acceptors (Lipinski definition) is 7. The first kappa shape index (κ1) is 38.5. The minimum atomic E-state index is -3.18. The molecular formula is C37H61N5O7S.